The minimum absolute atomic E-state index is 0.0909. The highest BCUT2D eigenvalue weighted by Gasteiger charge is 2.27. The number of carbonyl (C=O) groups is 2. The highest BCUT2D eigenvalue weighted by Crippen LogP contribution is 2.14. The molecule has 0 radical (unpaired) electrons. The summed E-state index contributed by atoms with van der Waals surface area (Å²) in [6.07, 6.45) is 2.25. The molecule has 120 valence electrons. The first-order valence-corrected chi connectivity index (χ1v) is 7.88. The maximum atomic E-state index is 12.1. The third-order valence-corrected chi connectivity index (χ3v) is 4.28. The highest BCUT2D eigenvalue weighted by molar-refractivity contribution is 7.89. The molecule has 0 saturated carbocycles. The van der Waals surface area contributed by atoms with Gasteiger partial charge < -0.3 is 10.2 Å². The van der Waals surface area contributed by atoms with Gasteiger partial charge in [-0.1, -0.05) is 26.0 Å². The molecule has 3 N–H and O–H groups in total. The van der Waals surface area contributed by atoms with Crippen LogP contribution in [0.2, 0.25) is 0 Å². The number of rotatable bonds is 7. The summed E-state index contributed by atoms with van der Waals surface area (Å²) in [5.41, 5.74) is 0.514. The van der Waals surface area contributed by atoms with Gasteiger partial charge >= 0.3 is 11.9 Å². The van der Waals surface area contributed by atoms with Crippen molar-refractivity contribution in [1.82, 2.24) is 4.72 Å². The zero-order chi connectivity index (χ0) is 16.9. The molecule has 0 amide bonds. The van der Waals surface area contributed by atoms with Gasteiger partial charge in [0.25, 0.3) is 0 Å². The van der Waals surface area contributed by atoms with Crippen molar-refractivity contribution in [1.29, 1.82) is 0 Å². The molecule has 1 atom stereocenters. The second-order valence-electron chi connectivity index (χ2n) is 4.92. The summed E-state index contributed by atoms with van der Waals surface area (Å²) in [5.74, 6) is -2.77. The average molecular weight is 327 g/mol. The number of hydrogen-bond acceptors (Lipinski definition) is 4. The third kappa shape index (κ3) is 4.97. The van der Waals surface area contributed by atoms with E-state index in [-0.39, 0.29) is 4.90 Å². The van der Waals surface area contributed by atoms with Gasteiger partial charge in [0.05, 0.1) is 4.90 Å². The fourth-order valence-corrected chi connectivity index (χ4v) is 2.97. The Morgan fingerprint density at radius 2 is 1.68 bits per heavy atom. The second kappa shape index (κ2) is 7.19. The van der Waals surface area contributed by atoms with E-state index in [1.54, 1.807) is 13.8 Å². The maximum Gasteiger partial charge on any atom is 0.328 e. The minimum Gasteiger partial charge on any atom is -0.480 e. The standard InChI is InChI=1S/C14H17NO6S/c1-9(2)13(14(18)19)15-22(20,21)11-6-3-10(4-7-11)5-8-12(16)17/h3-9,13,15H,1-2H3,(H,16,17)(H,18,19). The van der Waals surface area contributed by atoms with Crippen molar-refractivity contribution >= 4 is 28.0 Å². The van der Waals surface area contributed by atoms with E-state index in [1.165, 1.54) is 30.3 Å². The topological polar surface area (TPSA) is 121 Å². The summed E-state index contributed by atoms with van der Waals surface area (Å²) in [4.78, 5) is 21.4. The van der Waals surface area contributed by atoms with Gasteiger partial charge in [0.1, 0.15) is 6.04 Å². The van der Waals surface area contributed by atoms with E-state index in [4.69, 9.17) is 10.2 Å². The molecule has 0 aromatic heterocycles. The molecule has 22 heavy (non-hydrogen) atoms. The zero-order valence-corrected chi connectivity index (χ0v) is 12.9. The monoisotopic (exact) mass is 327 g/mol. The molecule has 0 heterocycles. The van der Waals surface area contributed by atoms with E-state index >= 15 is 0 Å². The van der Waals surface area contributed by atoms with E-state index in [9.17, 15) is 18.0 Å². The van der Waals surface area contributed by atoms with Crippen LogP contribution in [0.1, 0.15) is 19.4 Å². The van der Waals surface area contributed by atoms with Gasteiger partial charge in [-0.25, -0.2) is 13.2 Å². The Balaban J connectivity index is 2.99. The molecule has 1 aromatic rings. The molecule has 7 nitrogen and oxygen atoms in total. The Morgan fingerprint density at radius 1 is 1.14 bits per heavy atom. The first-order valence-electron chi connectivity index (χ1n) is 6.39. The molecule has 0 fully saturated rings. The van der Waals surface area contributed by atoms with Crippen molar-refractivity contribution < 1.29 is 28.2 Å². The van der Waals surface area contributed by atoms with Crippen molar-refractivity contribution in [2.45, 2.75) is 24.8 Å². The molecule has 0 aliphatic heterocycles. The van der Waals surface area contributed by atoms with Crippen LogP contribution < -0.4 is 4.72 Å². The van der Waals surface area contributed by atoms with Crippen LogP contribution in [0.15, 0.2) is 35.2 Å². The van der Waals surface area contributed by atoms with Crippen molar-refractivity contribution in [2.24, 2.45) is 5.92 Å². The van der Waals surface area contributed by atoms with E-state index in [0.717, 1.165) is 6.08 Å². The van der Waals surface area contributed by atoms with Crippen LogP contribution in [-0.2, 0) is 19.6 Å². The van der Waals surface area contributed by atoms with Gasteiger partial charge in [0, 0.05) is 6.08 Å². The predicted molar refractivity (Wildman–Crippen MR) is 79.7 cm³/mol. The summed E-state index contributed by atoms with van der Waals surface area (Å²) in [6.45, 7) is 3.20. The second-order valence-corrected chi connectivity index (χ2v) is 6.64. The highest BCUT2D eigenvalue weighted by atomic mass is 32.2. The van der Waals surface area contributed by atoms with Crippen molar-refractivity contribution in [2.75, 3.05) is 0 Å². The Labute approximate surface area is 128 Å². The van der Waals surface area contributed by atoms with E-state index in [2.05, 4.69) is 4.72 Å². The number of sulfonamides is 1. The Bertz CT molecular complexity index is 676. The number of nitrogens with one attached hydrogen (secondary N) is 1. The lowest BCUT2D eigenvalue weighted by Gasteiger charge is -2.18. The maximum absolute atomic E-state index is 12.1. The summed E-state index contributed by atoms with van der Waals surface area (Å²) in [6, 6.07) is 4.20. The summed E-state index contributed by atoms with van der Waals surface area (Å²) in [5, 5.41) is 17.5. The quantitative estimate of drug-likeness (QED) is 0.647. The lowest BCUT2D eigenvalue weighted by molar-refractivity contribution is -0.140. The van der Waals surface area contributed by atoms with E-state index in [1.807, 2.05) is 0 Å². The van der Waals surface area contributed by atoms with Gasteiger partial charge in [-0.15, -0.1) is 0 Å². The number of carboxylic acids is 2. The molecule has 0 aliphatic rings. The summed E-state index contributed by atoms with van der Waals surface area (Å²) >= 11 is 0. The fraction of sp³-hybridized carbons (Fsp3) is 0.286. The SMILES string of the molecule is CC(C)C(NS(=O)(=O)c1ccc(C=CC(=O)O)cc1)C(=O)O. The molecule has 1 aromatic carbocycles. The molecular weight excluding hydrogens is 310 g/mol. The molecule has 1 unspecified atom stereocenters. The van der Waals surface area contributed by atoms with Gasteiger partial charge in [-0.3, -0.25) is 4.79 Å². The van der Waals surface area contributed by atoms with Gasteiger partial charge in [0.15, 0.2) is 0 Å². The van der Waals surface area contributed by atoms with Crippen LogP contribution in [0.25, 0.3) is 6.08 Å². The summed E-state index contributed by atoms with van der Waals surface area (Å²) in [7, 11) is -3.97. The average Bonchev–Trinajstić information content (AvgIpc) is 2.42. The number of hydrogen-bond donors (Lipinski definition) is 3. The van der Waals surface area contributed by atoms with Gasteiger partial charge in [0.2, 0.25) is 10.0 Å². The van der Waals surface area contributed by atoms with Crippen LogP contribution in [0, 0.1) is 5.92 Å². The Morgan fingerprint density at radius 3 is 2.09 bits per heavy atom. The van der Waals surface area contributed by atoms with Crippen LogP contribution >= 0.6 is 0 Å². The fourth-order valence-electron chi connectivity index (χ4n) is 1.63. The first-order chi connectivity index (χ1) is 10.1. The van der Waals surface area contributed by atoms with Crippen LogP contribution in [0.5, 0.6) is 0 Å². The lowest BCUT2D eigenvalue weighted by Crippen LogP contribution is -2.44. The lowest BCUT2D eigenvalue weighted by atomic mass is 10.1. The number of carboxylic acid groups (broad SMARTS) is 2. The third-order valence-electron chi connectivity index (χ3n) is 2.82. The minimum atomic E-state index is -3.97. The first kappa shape index (κ1) is 17.9. The van der Waals surface area contributed by atoms with Crippen molar-refractivity contribution in [3.63, 3.8) is 0 Å². The Kier molecular flexibility index (Phi) is 5.84. The molecular formula is C14H17NO6S. The Hall–Kier alpha value is -2.19. The van der Waals surface area contributed by atoms with Crippen molar-refractivity contribution in [3.05, 3.63) is 35.9 Å². The zero-order valence-electron chi connectivity index (χ0n) is 12.1. The number of aliphatic carboxylic acids is 2. The normalized spacial score (nSPS) is 13.4. The van der Waals surface area contributed by atoms with Gasteiger partial charge in [-0.2, -0.15) is 4.72 Å². The largest absolute Gasteiger partial charge is 0.480 e. The predicted octanol–water partition coefficient (Wildman–Crippen LogP) is 1.17. The molecule has 0 saturated heterocycles. The molecule has 0 aliphatic carbocycles. The molecule has 1 rings (SSSR count). The molecule has 0 bridgehead atoms. The van der Waals surface area contributed by atoms with Crippen molar-refractivity contribution in [3.8, 4) is 0 Å². The van der Waals surface area contributed by atoms with Crippen LogP contribution in [0.4, 0.5) is 0 Å². The van der Waals surface area contributed by atoms with E-state index < -0.39 is 33.9 Å². The summed E-state index contributed by atoms with van der Waals surface area (Å²) < 4.78 is 26.4. The molecule has 8 heteroatoms. The number of benzene rings is 1. The van der Waals surface area contributed by atoms with Crippen LogP contribution in [-0.4, -0.2) is 36.6 Å². The van der Waals surface area contributed by atoms with Crippen LogP contribution in [0.3, 0.4) is 0 Å². The smallest absolute Gasteiger partial charge is 0.328 e. The van der Waals surface area contributed by atoms with E-state index in [0.29, 0.717) is 5.56 Å². The van der Waals surface area contributed by atoms with Gasteiger partial charge in [-0.05, 0) is 29.7 Å². The molecule has 0 spiro atoms.